The van der Waals surface area contributed by atoms with E-state index in [4.69, 9.17) is 4.74 Å². The van der Waals surface area contributed by atoms with Gasteiger partial charge in [0.1, 0.15) is 0 Å². The number of carbonyl (C=O) groups excluding carboxylic acids is 1. The third-order valence-corrected chi connectivity index (χ3v) is 3.14. The molecule has 0 saturated heterocycles. The average molecular weight is 255 g/mol. The number of ether oxygens (including phenoxy) is 1. The van der Waals surface area contributed by atoms with Crippen LogP contribution in [0.2, 0.25) is 0 Å². The molecule has 0 amide bonds. The van der Waals surface area contributed by atoms with Crippen molar-refractivity contribution in [1.29, 1.82) is 0 Å². The van der Waals surface area contributed by atoms with Gasteiger partial charge in [-0.2, -0.15) is 0 Å². The highest BCUT2D eigenvalue weighted by molar-refractivity contribution is 5.69. The first-order chi connectivity index (χ1) is 8.81. The van der Waals surface area contributed by atoms with Gasteiger partial charge in [0.25, 0.3) is 0 Å². The van der Waals surface area contributed by atoms with Crippen molar-refractivity contribution in [3.8, 4) is 0 Å². The molecule has 0 aliphatic rings. The fourth-order valence-corrected chi connectivity index (χ4v) is 1.91. The summed E-state index contributed by atoms with van der Waals surface area (Å²) in [6.45, 7) is 6.54. The van der Waals surface area contributed by atoms with Crippen molar-refractivity contribution in [2.45, 2.75) is 84.0 Å². The SMILES string of the molecule is [CH2]CCCCCCCCCCC(=O)OCCCC. The Kier molecular flexibility index (Phi) is 14.1. The van der Waals surface area contributed by atoms with Crippen LogP contribution in [0.4, 0.5) is 0 Å². The van der Waals surface area contributed by atoms with Gasteiger partial charge in [-0.1, -0.05) is 71.6 Å². The summed E-state index contributed by atoms with van der Waals surface area (Å²) in [5.74, 6) is -0.0149. The third kappa shape index (κ3) is 13.5. The number of hydrogen-bond acceptors (Lipinski definition) is 2. The molecule has 0 atom stereocenters. The Morgan fingerprint density at radius 2 is 1.44 bits per heavy atom. The first-order valence-corrected chi connectivity index (χ1v) is 7.76. The topological polar surface area (TPSA) is 26.3 Å². The normalized spacial score (nSPS) is 10.6. The second-order valence-electron chi connectivity index (χ2n) is 5.01. The van der Waals surface area contributed by atoms with Crippen LogP contribution in [-0.2, 0) is 9.53 Å². The summed E-state index contributed by atoms with van der Waals surface area (Å²) in [6, 6.07) is 0. The van der Waals surface area contributed by atoms with Gasteiger partial charge in [0.2, 0.25) is 0 Å². The van der Waals surface area contributed by atoms with Gasteiger partial charge in [0.15, 0.2) is 0 Å². The lowest BCUT2D eigenvalue weighted by Crippen LogP contribution is -2.05. The van der Waals surface area contributed by atoms with Crippen LogP contribution in [0, 0.1) is 6.92 Å². The summed E-state index contributed by atoms with van der Waals surface area (Å²) in [6.07, 6.45) is 13.7. The van der Waals surface area contributed by atoms with E-state index in [1.807, 2.05) is 0 Å². The Labute approximate surface area is 113 Å². The van der Waals surface area contributed by atoms with E-state index in [1.165, 1.54) is 38.5 Å². The van der Waals surface area contributed by atoms with Crippen LogP contribution >= 0.6 is 0 Å². The van der Waals surface area contributed by atoms with Crippen LogP contribution in [0.3, 0.4) is 0 Å². The van der Waals surface area contributed by atoms with Crippen LogP contribution in [0.25, 0.3) is 0 Å². The fraction of sp³-hybridized carbons (Fsp3) is 0.875. The number of esters is 1. The molecule has 0 aromatic carbocycles. The van der Waals surface area contributed by atoms with Crippen molar-refractivity contribution in [2.75, 3.05) is 6.61 Å². The van der Waals surface area contributed by atoms with E-state index in [2.05, 4.69) is 13.8 Å². The highest BCUT2D eigenvalue weighted by Crippen LogP contribution is 2.10. The zero-order valence-corrected chi connectivity index (χ0v) is 12.2. The molecule has 0 unspecified atom stereocenters. The first-order valence-electron chi connectivity index (χ1n) is 7.76. The zero-order chi connectivity index (χ0) is 13.5. The van der Waals surface area contributed by atoms with E-state index in [9.17, 15) is 4.79 Å². The molecule has 0 N–H and O–H groups in total. The molecule has 0 saturated carbocycles. The summed E-state index contributed by atoms with van der Waals surface area (Å²) in [5, 5.41) is 0. The smallest absolute Gasteiger partial charge is 0.305 e. The largest absolute Gasteiger partial charge is 0.466 e. The van der Waals surface area contributed by atoms with Gasteiger partial charge in [-0.15, -0.1) is 0 Å². The minimum atomic E-state index is -0.0149. The van der Waals surface area contributed by atoms with Gasteiger partial charge in [0.05, 0.1) is 6.61 Å². The lowest BCUT2D eigenvalue weighted by molar-refractivity contribution is -0.143. The standard InChI is InChI=1S/C16H31O2/c1-3-5-7-8-9-10-11-12-13-14-16(17)18-15-6-4-2/h1,3-15H2,2H3. The second kappa shape index (κ2) is 14.5. The van der Waals surface area contributed by atoms with Crippen LogP contribution < -0.4 is 0 Å². The Morgan fingerprint density at radius 3 is 2.00 bits per heavy atom. The zero-order valence-electron chi connectivity index (χ0n) is 12.2. The number of rotatable bonds is 13. The average Bonchev–Trinajstić information content (AvgIpc) is 2.37. The van der Waals surface area contributed by atoms with E-state index < -0.39 is 0 Å². The van der Waals surface area contributed by atoms with Crippen molar-refractivity contribution in [3.63, 3.8) is 0 Å². The highest BCUT2D eigenvalue weighted by atomic mass is 16.5. The quantitative estimate of drug-likeness (QED) is 0.339. The number of unbranched alkanes of at least 4 members (excludes halogenated alkanes) is 9. The third-order valence-electron chi connectivity index (χ3n) is 3.14. The monoisotopic (exact) mass is 255 g/mol. The summed E-state index contributed by atoms with van der Waals surface area (Å²) in [7, 11) is 0. The molecule has 0 heterocycles. The first kappa shape index (κ1) is 17.5. The van der Waals surface area contributed by atoms with Gasteiger partial charge < -0.3 is 4.74 Å². The predicted octanol–water partition coefficient (Wildman–Crippen LogP) is 5.06. The maximum atomic E-state index is 11.3. The van der Waals surface area contributed by atoms with Gasteiger partial charge >= 0.3 is 5.97 Å². The molecule has 0 rings (SSSR count). The summed E-state index contributed by atoms with van der Waals surface area (Å²) >= 11 is 0. The molecule has 2 nitrogen and oxygen atoms in total. The Morgan fingerprint density at radius 1 is 0.889 bits per heavy atom. The molecule has 2 heteroatoms. The molecule has 107 valence electrons. The van der Waals surface area contributed by atoms with Crippen molar-refractivity contribution in [1.82, 2.24) is 0 Å². The lowest BCUT2D eigenvalue weighted by Gasteiger charge is -2.04. The minimum absolute atomic E-state index is 0.0149. The molecule has 0 spiro atoms. The maximum Gasteiger partial charge on any atom is 0.305 e. The lowest BCUT2D eigenvalue weighted by atomic mass is 10.1. The maximum absolute atomic E-state index is 11.3. The summed E-state index contributed by atoms with van der Waals surface area (Å²) in [4.78, 5) is 11.3. The van der Waals surface area contributed by atoms with Crippen molar-refractivity contribution in [3.05, 3.63) is 6.92 Å². The van der Waals surface area contributed by atoms with Crippen LogP contribution in [0.5, 0.6) is 0 Å². The summed E-state index contributed by atoms with van der Waals surface area (Å²) in [5.41, 5.74) is 0. The molecule has 0 bridgehead atoms. The van der Waals surface area contributed by atoms with E-state index in [1.54, 1.807) is 0 Å². The Bertz CT molecular complexity index is 178. The van der Waals surface area contributed by atoms with E-state index in [0.717, 1.165) is 32.1 Å². The second-order valence-corrected chi connectivity index (χ2v) is 5.01. The fourth-order valence-electron chi connectivity index (χ4n) is 1.91. The van der Waals surface area contributed by atoms with Gasteiger partial charge in [0, 0.05) is 6.42 Å². The highest BCUT2D eigenvalue weighted by Gasteiger charge is 2.01. The molecular weight excluding hydrogens is 224 g/mol. The molecule has 0 fully saturated rings. The van der Waals surface area contributed by atoms with Gasteiger partial charge in [-0.05, 0) is 12.8 Å². The van der Waals surface area contributed by atoms with E-state index in [0.29, 0.717) is 13.0 Å². The number of carbonyl (C=O) groups is 1. The van der Waals surface area contributed by atoms with Gasteiger partial charge in [-0.25, -0.2) is 0 Å². The van der Waals surface area contributed by atoms with Crippen molar-refractivity contribution >= 4 is 5.97 Å². The molecule has 18 heavy (non-hydrogen) atoms. The Balaban J connectivity index is 3.08. The molecule has 0 aliphatic heterocycles. The van der Waals surface area contributed by atoms with E-state index in [-0.39, 0.29) is 5.97 Å². The Hall–Kier alpha value is -0.530. The van der Waals surface area contributed by atoms with Crippen LogP contribution in [0.15, 0.2) is 0 Å². The molecule has 1 radical (unpaired) electrons. The predicted molar refractivity (Wildman–Crippen MR) is 77.4 cm³/mol. The van der Waals surface area contributed by atoms with E-state index >= 15 is 0 Å². The number of hydrogen-bond donors (Lipinski definition) is 0. The molecule has 0 aromatic rings. The summed E-state index contributed by atoms with van der Waals surface area (Å²) < 4.78 is 5.11. The van der Waals surface area contributed by atoms with Crippen molar-refractivity contribution < 1.29 is 9.53 Å². The minimum Gasteiger partial charge on any atom is -0.466 e. The van der Waals surface area contributed by atoms with Crippen molar-refractivity contribution in [2.24, 2.45) is 0 Å². The van der Waals surface area contributed by atoms with Gasteiger partial charge in [-0.3, -0.25) is 4.79 Å². The molecule has 0 aliphatic carbocycles. The van der Waals surface area contributed by atoms with Crippen LogP contribution in [0.1, 0.15) is 84.0 Å². The molecule has 0 aromatic heterocycles. The van der Waals surface area contributed by atoms with Crippen LogP contribution in [-0.4, -0.2) is 12.6 Å². The molecular formula is C16H31O2.